The zero-order chi connectivity index (χ0) is 27.0. The smallest absolute Gasteiger partial charge is 0.373 e. The Morgan fingerprint density at radius 1 is 1.27 bits per heavy atom. The van der Waals surface area contributed by atoms with E-state index in [1.807, 2.05) is 0 Å². The van der Waals surface area contributed by atoms with Gasteiger partial charge < -0.3 is 10.2 Å². The minimum atomic E-state index is -4.63. The maximum Gasteiger partial charge on any atom is 0.400 e. The van der Waals surface area contributed by atoms with Crippen molar-refractivity contribution < 1.29 is 18.1 Å². The number of aromatic nitrogens is 1. The molecule has 1 saturated heterocycles. The van der Waals surface area contributed by atoms with E-state index in [0.29, 0.717) is 5.69 Å². The zero-order valence-corrected chi connectivity index (χ0v) is 22.1. The second-order valence-electron chi connectivity index (χ2n) is 8.84. The molecule has 2 heterocycles. The molecule has 1 aromatic heterocycles. The summed E-state index contributed by atoms with van der Waals surface area (Å²) in [4.78, 5) is 14.9. The Kier molecular flexibility index (Phi) is 7.77. The largest absolute Gasteiger partial charge is 0.400 e. The number of pyridine rings is 1. The number of benzene rings is 1. The summed E-state index contributed by atoms with van der Waals surface area (Å²) < 4.78 is 43.4. The molecule has 13 heteroatoms. The number of hydrogen-bond donors (Lipinski definition) is 1. The van der Waals surface area contributed by atoms with Crippen LogP contribution in [0.1, 0.15) is 17.7 Å². The molecule has 3 atom stereocenters. The standard InChI is InChI=1S/C24H20Cl3F3N4O2S/c25-16-9-15(10-17(26)11-16)22(24(28,29)30)6-8-33(14-22)19-4-5-20(23(27,12-19)34(35)36)21(37)32-13-18-3-1-2-7-31-18/h1-5,7,9-12,20H,6,8,13-14H2,(H,32,37). The van der Waals surface area contributed by atoms with Gasteiger partial charge in [-0.15, -0.1) is 0 Å². The lowest BCUT2D eigenvalue weighted by Crippen LogP contribution is -2.48. The van der Waals surface area contributed by atoms with E-state index in [0.717, 1.165) is 6.08 Å². The topological polar surface area (TPSA) is 71.3 Å². The second kappa shape index (κ2) is 10.4. The lowest BCUT2D eigenvalue weighted by molar-refractivity contribution is -0.532. The molecule has 2 aliphatic rings. The van der Waals surface area contributed by atoms with Gasteiger partial charge in [-0.2, -0.15) is 13.2 Å². The van der Waals surface area contributed by atoms with Crippen molar-refractivity contribution in [3.8, 4) is 0 Å². The minimum absolute atomic E-state index is 0.0163. The third-order valence-electron chi connectivity index (χ3n) is 6.57. The average molecular weight is 592 g/mol. The van der Waals surface area contributed by atoms with E-state index in [9.17, 15) is 23.3 Å². The summed E-state index contributed by atoms with van der Waals surface area (Å²) in [6, 6.07) is 9.17. The number of alkyl halides is 4. The van der Waals surface area contributed by atoms with Crippen molar-refractivity contribution in [3.05, 3.63) is 97.9 Å². The number of nitro groups is 1. The van der Waals surface area contributed by atoms with Crippen molar-refractivity contribution in [1.29, 1.82) is 0 Å². The second-order valence-corrected chi connectivity index (χ2v) is 10.8. The van der Waals surface area contributed by atoms with E-state index in [4.69, 9.17) is 47.0 Å². The molecule has 1 aliphatic heterocycles. The Hall–Kier alpha value is -2.40. The van der Waals surface area contributed by atoms with Crippen LogP contribution in [0.3, 0.4) is 0 Å². The predicted molar refractivity (Wildman–Crippen MR) is 140 cm³/mol. The summed E-state index contributed by atoms with van der Waals surface area (Å²) in [7, 11) is 0. The number of allylic oxidation sites excluding steroid dienone is 1. The van der Waals surface area contributed by atoms with Crippen LogP contribution < -0.4 is 5.32 Å². The summed E-state index contributed by atoms with van der Waals surface area (Å²) in [5.74, 6) is -1.03. The Labute approximate surface area is 231 Å². The number of halogens is 6. The van der Waals surface area contributed by atoms with Crippen molar-refractivity contribution in [2.24, 2.45) is 5.92 Å². The maximum absolute atomic E-state index is 14.5. The van der Waals surface area contributed by atoms with Crippen molar-refractivity contribution in [2.45, 2.75) is 29.6 Å². The molecule has 1 aromatic carbocycles. The third kappa shape index (κ3) is 5.43. The summed E-state index contributed by atoms with van der Waals surface area (Å²) in [5, 5.41) is 15.2. The van der Waals surface area contributed by atoms with E-state index in [1.165, 1.54) is 35.3 Å². The van der Waals surface area contributed by atoms with E-state index >= 15 is 0 Å². The molecule has 0 spiro atoms. The van der Waals surface area contributed by atoms with E-state index in [2.05, 4.69) is 10.3 Å². The van der Waals surface area contributed by atoms with Crippen LogP contribution in [-0.4, -0.2) is 44.1 Å². The Morgan fingerprint density at radius 3 is 2.57 bits per heavy atom. The van der Waals surface area contributed by atoms with Gasteiger partial charge in [-0.3, -0.25) is 15.1 Å². The van der Waals surface area contributed by atoms with Crippen LogP contribution in [0.5, 0.6) is 0 Å². The molecule has 1 fully saturated rings. The first-order chi connectivity index (χ1) is 17.4. The molecule has 37 heavy (non-hydrogen) atoms. The third-order valence-corrected chi connectivity index (χ3v) is 7.89. The molecule has 2 aromatic rings. The van der Waals surface area contributed by atoms with Gasteiger partial charge in [0.25, 0.3) is 0 Å². The van der Waals surface area contributed by atoms with Crippen molar-refractivity contribution >= 4 is 52.0 Å². The van der Waals surface area contributed by atoms with Crippen LogP contribution in [0.15, 0.2) is 66.5 Å². The quantitative estimate of drug-likeness (QED) is 0.140. The SMILES string of the molecule is O=[N+]([O-])C1(Cl)C=C(N2CCC(c3cc(Cl)cc(Cl)c3)(C(F)(F)F)C2)C=CC1C(=S)NCc1ccccn1. The van der Waals surface area contributed by atoms with E-state index < -0.39 is 34.0 Å². The lowest BCUT2D eigenvalue weighted by Gasteiger charge is -2.34. The molecule has 0 saturated carbocycles. The van der Waals surface area contributed by atoms with Crippen molar-refractivity contribution in [2.75, 3.05) is 13.1 Å². The van der Waals surface area contributed by atoms with Gasteiger partial charge in [-0.25, -0.2) is 0 Å². The van der Waals surface area contributed by atoms with Crippen molar-refractivity contribution in [1.82, 2.24) is 15.2 Å². The molecule has 6 nitrogen and oxygen atoms in total. The fourth-order valence-electron chi connectivity index (χ4n) is 4.59. The van der Waals surface area contributed by atoms with Gasteiger partial charge in [0, 0.05) is 46.0 Å². The van der Waals surface area contributed by atoms with Gasteiger partial charge in [0.15, 0.2) is 0 Å². The number of hydrogen-bond acceptors (Lipinski definition) is 5. The highest BCUT2D eigenvalue weighted by molar-refractivity contribution is 7.80. The highest BCUT2D eigenvalue weighted by Crippen LogP contribution is 2.50. The molecule has 3 unspecified atom stereocenters. The first kappa shape index (κ1) is 27.6. The number of nitrogens with zero attached hydrogens (tertiary/aromatic N) is 3. The monoisotopic (exact) mass is 590 g/mol. The fraction of sp³-hybridized carbons (Fsp3) is 0.333. The Morgan fingerprint density at radius 2 is 1.97 bits per heavy atom. The molecular formula is C24H20Cl3F3N4O2S. The zero-order valence-electron chi connectivity index (χ0n) is 19.0. The van der Waals surface area contributed by atoms with Crippen LogP contribution in [0, 0.1) is 16.0 Å². The van der Waals surface area contributed by atoms with E-state index in [-0.39, 0.29) is 45.8 Å². The number of rotatable bonds is 6. The Balaban J connectivity index is 1.60. The number of thiocarbonyl (C=S) groups is 1. The van der Waals surface area contributed by atoms with Crippen LogP contribution in [0.2, 0.25) is 10.0 Å². The van der Waals surface area contributed by atoms with Crippen LogP contribution in [0.4, 0.5) is 13.2 Å². The molecule has 0 amide bonds. The van der Waals surface area contributed by atoms with Gasteiger partial charge in [-0.1, -0.05) is 47.6 Å². The maximum atomic E-state index is 14.5. The molecule has 1 aliphatic carbocycles. The molecule has 0 radical (unpaired) electrons. The average Bonchev–Trinajstić information content (AvgIpc) is 3.30. The molecule has 0 bridgehead atoms. The van der Waals surface area contributed by atoms with Crippen molar-refractivity contribution in [3.63, 3.8) is 0 Å². The molecule has 196 valence electrons. The Bertz CT molecular complexity index is 1260. The predicted octanol–water partition coefficient (Wildman–Crippen LogP) is 6.29. The van der Waals surface area contributed by atoms with E-state index in [1.54, 1.807) is 24.4 Å². The highest BCUT2D eigenvalue weighted by atomic mass is 35.5. The molecular weight excluding hydrogens is 572 g/mol. The minimum Gasteiger partial charge on any atom is -0.373 e. The number of likely N-dealkylation sites (tertiary alicyclic amines) is 1. The normalized spacial score (nSPS) is 25.6. The molecule has 1 N–H and O–H groups in total. The summed E-state index contributed by atoms with van der Waals surface area (Å²) in [6.45, 7) is -0.272. The van der Waals surface area contributed by atoms with Crippen LogP contribution in [0.25, 0.3) is 0 Å². The van der Waals surface area contributed by atoms with Crippen LogP contribution in [-0.2, 0) is 12.0 Å². The van der Waals surface area contributed by atoms with Gasteiger partial charge in [0.1, 0.15) is 11.3 Å². The van der Waals surface area contributed by atoms with Gasteiger partial charge >= 0.3 is 11.2 Å². The summed E-state index contributed by atoms with van der Waals surface area (Å²) in [5.41, 5.74) is -1.46. The highest BCUT2D eigenvalue weighted by Gasteiger charge is 2.60. The molecule has 4 rings (SSSR count). The fourth-order valence-corrected chi connectivity index (χ4v) is 5.81. The summed E-state index contributed by atoms with van der Waals surface area (Å²) >= 11 is 23.9. The van der Waals surface area contributed by atoms with Crippen LogP contribution >= 0.6 is 47.0 Å². The van der Waals surface area contributed by atoms with Gasteiger partial charge in [-0.05, 0) is 60.0 Å². The van der Waals surface area contributed by atoms with Gasteiger partial charge in [0.05, 0.1) is 17.2 Å². The number of nitrogens with one attached hydrogen (secondary N) is 1. The lowest BCUT2D eigenvalue weighted by atomic mass is 9.79. The van der Waals surface area contributed by atoms with Gasteiger partial charge in [0.2, 0.25) is 0 Å². The first-order valence-electron chi connectivity index (χ1n) is 11.1. The first-order valence-corrected chi connectivity index (χ1v) is 12.6. The summed E-state index contributed by atoms with van der Waals surface area (Å²) in [6.07, 6.45) is 0.802.